The Kier molecular flexibility index (Phi) is 6.67. The van der Waals surface area contributed by atoms with E-state index in [1.54, 1.807) is 6.92 Å². The molecule has 5 N–H and O–H groups in total. The Morgan fingerprint density at radius 1 is 1.19 bits per heavy atom. The molecule has 0 radical (unpaired) electrons. The summed E-state index contributed by atoms with van der Waals surface area (Å²) in [7, 11) is 0. The smallest absolute Gasteiger partial charge is 0.187 e. The number of aliphatic hydroxyl groups excluding tert-OH is 5. The van der Waals surface area contributed by atoms with Crippen molar-refractivity contribution in [3.8, 4) is 0 Å². The van der Waals surface area contributed by atoms with E-state index in [1.807, 2.05) is 13.8 Å². The number of hydrogen-bond donors (Lipinski definition) is 5. The Labute approximate surface area is 158 Å². The minimum Gasteiger partial charge on any atom is -0.394 e. The maximum absolute atomic E-state index is 11.4. The highest BCUT2D eigenvalue weighted by atomic mass is 16.7. The Morgan fingerprint density at radius 3 is 2.37 bits per heavy atom. The van der Waals surface area contributed by atoms with Crippen LogP contribution in [0.5, 0.6) is 0 Å². The summed E-state index contributed by atoms with van der Waals surface area (Å²) in [6, 6.07) is 0. The van der Waals surface area contributed by atoms with Gasteiger partial charge in [-0.1, -0.05) is 13.8 Å². The molecule has 0 aromatic heterocycles. The summed E-state index contributed by atoms with van der Waals surface area (Å²) in [5.41, 5.74) is 1.90. The molecule has 0 bridgehead atoms. The topological polar surface area (TPSA) is 137 Å². The van der Waals surface area contributed by atoms with Crippen LogP contribution in [0.3, 0.4) is 0 Å². The lowest BCUT2D eigenvalue weighted by atomic mass is 9.65. The van der Waals surface area contributed by atoms with E-state index in [4.69, 9.17) is 9.47 Å². The number of carbonyl (C=O) groups excluding carboxylic acids is 1. The SMILES string of the molecule is CC(=O)C=C=C1C(C)(C)C[C@@H](O)C[C@@]1(C)O[C@@H]1O[C@H](CO)[C@@H](O)[C@H](O)[C@H]1O. The van der Waals surface area contributed by atoms with Gasteiger partial charge in [0.15, 0.2) is 12.1 Å². The lowest BCUT2D eigenvalue weighted by molar-refractivity contribution is -0.325. The number of ether oxygens (including phenoxy) is 2. The predicted octanol–water partition coefficient (Wildman–Crippen LogP) is -0.587. The Bertz CT molecular complexity index is 621. The number of carbonyl (C=O) groups is 1. The first-order valence-corrected chi connectivity index (χ1v) is 9.06. The average molecular weight is 386 g/mol. The van der Waals surface area contributed by atoms with Crippen molar-refractivity contribution >= 4 is 5.78 Å². The molecule has 0 aromatic carbocycles. The molecule has 27 heavy (non-hydrogen) atoms. The first-order valence-electron chi connectivity index (χ1n) is 9.06. The van der Waals surface area contributed by atoms with Crippen LogP contribution < -0.4 is 0 Å². The summed E-state index contributed by atoms with van der Waals surface area (Å²) < 4.78 is 11.4. The minimum absolute atomic E-state index is 0.166. The third kappa shape index (κ3) is 4.67. The maximum Gasteiger partial charge on any atom is 0.187 e. The Balaban J connectivity index is 2.40. The van der Waals surface area contributed by atoms with Crippen LogP contribution in [0.15, 0.2) is 17.4 Å². The molecule has 0 spiro atoms. The standard InChI is InChI=1S/C19H30O8/c1-10(21)5-6-13-18(2,3)7-11(22)8-19(13,4)27-17-16(25)15(24)14(23)12(9-20)26-17/h5,11-12,14-17,20,22-25H,7-9H2,1-4H3/t6?,11-,12-,14-,15+,16-,17+,19-/m1/s1. The normalized spacial score (nSPS) is 41.7. The van der Waals surface area contributed by atoms with Crippen LogP contribution >= 0.6 is 0 Å². The van der Waals surface area contributed by atoms with E-state index >= 15 is 0 Å². The highest BCUT2D eigenvalue weighted by Crippen LogP contribution is 2.48. The van der Waals surface area contributed by atoms with Crippen LogP contribution in [0.4, 0.5) is 0 Å². The second-order valence-corrected chi connectivity index (χ2v) is 8.27. The summed E-state index contributed by atoms with van der Waals surface area (Å²) in [4.78, 5) is 11.4. The number of aliphatic hydroxyl groups is 5. The van der Waals surface area contributed by atoms with E-state index in [2.05, 4.69) is 5.73 Å². The van der Waals surface area contributed by atoms with Crippen molar-refractivity contribution in [1.29, 1.82) is 0 Å². The molecule has 0 aromatic rings. The minimum atomic E-state index is -1.56. The highest BCUT2D eigenvalue weighted by Gasteiger charge is 2.51. The van der Waals surface area contributed by atoms with Crippen molar-refractivity contribution in [2.45, 2.75) is 82.9 Å². The van der Waals surface area contributed by atoms with Gasteiger partial charge in [0.2, 0.25) is 0 Å². The van der Waals surface area contributed by atoms with Gasteiger partial charge in [-0.3, -0.25) is 4.79 Å². The Hall–Kier alpha value is -1.09. The van der Waals surface area contributed by atoms with Crippen LogP contribution in [0.2, 0.25) is 0 Å². The van der Waals surface area contributed by atoms with Gasteiger partial charge in [0.1, 0.15) is 24.4 Å². The first-order chi connectivity index (χ1) is 12.4. The molecular weight excluding hydrogens is 356 g/mol. The fraction of sp³-hybridized carbons (Fsp3) is 0.789. The van der Waals surface area contributed by atoms with Crippen molar-refractivity contribution < 1.29 is 39.8 Å². The summed E-state index contributed by atoms with van der Waals surface area (Å²) >= 11 is 0. The van der Waals surface area contributed by atoms with Crippen LogP contribution in [0, 0.1) is 5.41 Å². The molecule has 1 saturated heterocycles. The zero-order valence-electron chi connectivity index (χ0n) is 16.1. The lowest BCUT2D eigenvalue weighted by Gasteiger charge is -2.49. The van der Waals surface area contributed by atoms with Crippen LogP contribution in [-0.4, -0.2) is 80.3 Å². The van der Waals surface area contributed by atoms with Gasteiger partial charge in [-0.25, -0.2) is 0 Å². The predicted molar refractivity (Wildman–Crippen MR) is 94.6 cm³/mol. The van der Waals surface area contributed by atoms with Crippen molar-refractivity contribution in [2.24, 2.45) is 5.41 Å². The molecule has 7 atom stereocenters. The molecule has 0 amide bonds. The third-order valence-electron chi connectivity index (χ3n) is 5.22. The average Bonchev–Trinajstić information content (AvgIpc) is 2.53. The molecule has 1 heterocycles. The largest absolute Gasteiger partial charge is 0.394 e. The van der Waals surface area contributed by atoms with E-state index in [9.17, 15) is 30.3 Å². The van der Waals surface area contributed by atoms with Crippen LogP contribution in [0.1, 0.15) is 40.5 Å². The number of hydrogen-bond acceptors (Lipinski definition) is 8. The van der Waals surface area contributed by atoms with E-state index in [1.165, 1.54) is 13.0 Å². The molecule has 0 unspecified atom stereocenters. The van der Waals surface area contributed by atoms with Gasteiger partial charge in [0, 0.05) is 18.1 Å². The van der Waals surface area contributed by atoms with Crippen molar-refractivity contribution in [3.05, 3.63) is 17.4 Å². The second-order valence-electron chi connectivity index (χ2n) is 8.27. The summed E-state index contributed by atoms with van der Waals surface area (Å²) in [6.45, 7) is 6.30. The quantitative estimate of drug-likeness (QED) is 0.320. The molecule has 2 fully saturated rings. The Morgan fingerprint density at radius 2 is 1.81 bits per heavy atom. The fourth-order valence-corrected chi connectivity index (χ4v) is 4.08. The van der Waals surface area contributed by atoms with Gasteiger partial charge in [-0.2, -0.15) is 0 Å². The van der Waals surface area contributed by atoms with Crippen LogP contribution in [0.25, 0.3) is 0 Å². The van der Waals surface area contributed by atoms with Gasteiger partial charge >= 0.3 is 0 Å². The molecule has 154 valence electrons. The molecular formula is C19H30O8. The number of rotatable bonds is 4. The summed E-state index contributed by atoms with van der Waals surface area (Å²) in [5.74, 6) is -0.195. The number of ketones is 1. The fourth-order valence-electron chi connectivity index (χ4n) is 4.08. The van der Waals surface area contributed by atoms with E-state index < -0.39 is 54.4 Å². The lowest BCUT2D eigenvalue weighted by Crippen LogP contribution is -2.61. The summed E-state index contributed by atoms with van der Waals surface area (Å²) in [6.07, 6.45) is -5.85. The zero-order valence-corrected chi connectivity index (χ0v) is 16.1. The maximum atomic E-state index is 11.4. The monoisotopic (exact) mass is 386 g/mol. The second kappa shape index (κ2) is 8.11. The van der Waals surface area contributed by atoms with E-state index in [0.717, 1.165) is 0 Å². The van der Waals surface area contributed by atoms with Gasteiger partial charge < -0.3 is 35.0 Å². The molecule has 2 aliphatic rings. The molecule has 8 heteroatoms. The molecule has 1 saturated carbocycles. The van der Waals surface area contributed by atoms with Gasteiger partial charge in [0.05, 0.1) is 18.3 Å². The van der Waals surface area contributed by atoms with Crippen molar-refractivity contribution in [2.75, 3.05) is 6.61 Å². The summed E-state index contributed by atoms with van der Waals surface area (Å²) in [5, 5.41) is 49.8. The van der Waals surface area contributed by atoms with Crippen molar-refractivity contribution in [3.63, 3.8) is 0 Å². The van der Waals surface area contributed by atoms with Gasteiger partial charge in [-0.05, 0) is 25.7 Å². The van der Waals surface area contributed by atoms with Crippen molar-refractivity contribution in [1.82, 2.24) is 0 Å². The van der Waals surface area contributed by atoms with Gasteiger partial charge in [-0.15, -0.1) is 5.73 Å². The first kappa shape index (κ1) is 22.2. The zero-order chi connectivity index (χ0) is 20.6. The van der Waals surface area contributed by atoms with E-state index in [-0.39, 0.29) is 12.2 Å². The van der Waals surface area contributed by atoms with E-state index in [0.29, 0.717) is 12.0 Å². The third-order valence-corrected chi connectivity index (χ3v) is 5.22. The van der Waals surface area contributed by atoms with Gasteiger partial charge in [0.25, 0.3) is 0 Å². The molecule has 2 rings (SSSR count). The van der Waals surface area contributed by atoms with Crippen LogP contribution in [-0.2, 0) is 14.3 Å². The molecule has 1 aliphatic carbocycles. The highest BCUT2D eigenvalue weighted by molar-refractivity contribution is 5.87. The molecule has 8 nitrogen and oxygen atoms in total. The molecule has 1 aliphatic heterocycles.